The van der Waals surface area contributed by atoms with Gasteiger partial charge >= 0.3 is 5.69 Å². The van der Waals surface area contributed by atoms with Crippen molar-refractivity contribution < 1.29 is 4.90 Å². The molecule has 0 saturated carbocycles. The normalized spacial score (nSPS) is 17.4. The van der Waals surface area contributed by atoms with Crippen LogP contribution in [-0.2, 0) is 19.6 Å². The summed E-state index contributed by atoms with van der Waals surface area (Å²) in [6, 6.07) is 12.3. The van der Waals surface area contributed by atoms with Crippen LogP contribution in [0.5, 0.6) is 0 Å². The molecule has 0 spiro atoms. The fraction of sp³-hybridized carbons (Fsp3) is 0.267. The number of fused-ring (bicyclic) bond motifs is 1. The number of quaternary nitrogens is 1. The topological polar surface area (TPSA) is 57.1 Å². The first kappa shape index (κ1) is 13.4. The van der Waals surface area contributed by atoms with Crippen molar-refractivity contribution >= 4 is 11.3 Å². The van der Waals surface area contributed by atoms with E-state index in [1.54, 1.807) is 0 Å². The molecule has 2 aromatic heterocycles. The van der Waals surface area contributed by atoms with Gasteiger partial charge in [0.05, 0.1) is 6.54 Å². The highest BCUT2D eigenvalue weighted by atomic mass is 32.1. The van der Waals surface area contributed by atoms with Crippen molar-refractivity contribution in [3.8, 4) is 5.00 Å². The molecule has 112 valence electrons. The van der Waals surface area contributed by atoms with Crippen LogP contribution in [0.4, 0.5) is 0 Å². The lowest BCUT2D eigenvalue weighted by Crippen LogP contribution is -3.11. The Hall–Kier alpha value is -2.25. The van der Waals surface area contributed by atoms with E-state index in [4.69, 9.17) is 0 Å². The Morgan fingerprint density at radius 2 is 2.00 bits per heavy atom. The van der Waals surface area contributed by atoms with Crippen LogP contribution >= 0.6 is 11.3 Å². The predicted octanol–water partition coefficient (Wildman–Crippen LogP) is 0.0892. The Kier molecular flexibility index (Phi) is 3.36. The molecule has 1 aliphatic heterocycles. The van der Waals surface area contributed by atoms with E-state index in [-0.39, 0.29) is 5.69 Å². The summed E-state index contributed by atoms with van der Waals surface area (Å²) in [5.74, 6) is 0. The highest BCUT2D eigenvalue weighted by Crippen LogP contribution is 2.11. The van der Waals surface area contributed by atoms with E-state index in [1.807, 2.05) is 17.5 Å². The molecule has 1 N–H and O–H groups in total. The molecule has 4 rings (SSSR count). The minimum Gasteiger partial charge on any atom is -0.312 e. The molecule has 1 aliphatic rings. The van der Waals surface area contributed by atoms with Crippen molar-refractivity contribution in [1.29, 1.82) is 0 Å². The Labute approximate surface area is 131 Å². The van der Waals surface area contributed by atoms with Crippen LogP contribution in [0.1, 0.15) is 11.1 Å². The molecule has 22 heavy (non-hydrogen) atoms. The summed E-state index contributed by atoms with van der Waals surface area (Å²) in [6.07, 6.45) is 1.04. The second-order valence-electron chi connectivity index (χ2n) is 5.48. The number of hydrogen-bond acceptors (Lipinski definition) is 4. The maximum absolute atomic E-state index is 12.4. The van der Waals surface area contributed by atoms with Gasteiger partial charge in [-0.05, 0) is 33.5 Å². The van der Waals surface area contributed by atoms with Gasteiger partial charge in [-0.3, -0.25) is 0 Å². The third-order valence-corrected chi connectivity index (χ3v) is 4.88. The van der Waals surface area contributed by atoms with Crippen LogP contribution < -0.4 is 10.6 Å². The second-order valence-corrected chi connectivity index (χ2v) is 6.40. The number of aromatic nitrogens is 4. The van der Waals surface area contributed by atoms with Crippen molar-refractivity contribution in [1.82, 2.24) is 19.8 Å². The van der Waals surface area contributed by atoms with Gasteiger partial charge in [-0.15, -0.1) is 20.7 Å². The highest BCUT2D eigenvalue weighted by Gasteiger charge is 2.21. The lowest BCUT2D eigenvalue weighted by molar-refractivity contribution is -0.939. The molecule has 0 aliphatic carbocycles. The van der Waals surface area contributed by atoms with E-state index >= 15 is 0 Å². The quantitative estimate of drug-likeness (QED) is 0.745. The fourth-order valence-electron chi connectivity index (χ4n) is 2.89. The molecule has 0 amide bonds. The van der Waals surface area contributed by atoms with Crippen molar-refractivity contribution in [2.24, 2.45) is 0 Å². The summed E-state index contributed by atoms with van der Waals surface area (Å²) in [7, 11) is 0. The molecular weight excluding hydrogens is 298 g/mol. The number of nitrogens with one attached hydrogen (secondary N) is 1. The van der Waals surface area contributed by atoms with Gasteiger partial charge in [0.15, 0.2) is 6.67 Å². The molecule has 3 aromatic rings. The number of tetrazole rings is 1. The van der Waals surface area contributed by atoms with E-state index in [0.29, 0.717) is 6.67 Å². The van der Waals surface area contributed by atoms with Crippen molar-refractivity contribution in [3.05, 3.63) is 63.4 Å². The average Bonchev–Trinajstić information content (AvgIpc) is 3.18. The molecule has 7 heteroatoms. The average molecular weight is 314 g/mol. The number of thiophene rings is 1. The van der Waals surface area contributed by atoms with E-state index in [9.17, 15) is 4.79 Å². The molecule has 0 radical (unpaired) electrons. The lowest BCUT2D eigenvalue weighted by atomic mass is 10.0. The first-order valence-electron chi connectivity index (χ1n) is 7.28. The van der Waals surface area contributed by atoms with Gasteiger partial charge in [-0.2, -0.15) is 0 Å². The minimum absolute atomic E-state index is 0.172. The SMILES string of the molecule is O=c1n(C[NH+]2CCc3ccccc3C2)nnn1-c1cccs1. The van der Waals surface area contributed by atoms with Gasteiger partial charge in [0.1, 0.15) is 11.5 Å². The Bertz CT molecular complexity index is 836. The molecule has 3 heterocycles. The molecular formula is C15H16N5OS+. The van der Waals surface area contributed by atoms with Crippen LogP contribution in [0.25, 0.3) is 5.00 Å². The number of rotatable bonds is 3. The van der Waals surface area contributed by atoms with Gasteiger partial charge in [0.25, 0.3) is 0 Å². The van der Waals surface area contributed by atoms with Crippen LogP contribution in [0.15, 0.2) is 46.6 Å². The molecule has 0 saturated heterocycles. The molecule has 1 atom stereocenters. The molecule has 0 bridgehead atoms. The van der Waals surface area contributed by atoms with E-state index in [0.717, 1.165) is 24.5 Å². The molecule has 6 nitrogen and oxygen atoms in total. The van der Waals surface area contributed by atoms with Crippen molar-refractivity contribution in [3.63, 3.8) is 0 Å². The zero-order valence-corrected chi connectivity index (χ0v) is 12.8. The summed E-state index contributed by atoms with van der Waals surface area (Å²) in [6.45, 7) is 2.49. The first-order valence-corrected chi connectivity index (χ1v) is 8.16. The summed E-state index contributed by atoms with van der Waals surface area (Å²) in [4.78, 5) is 13.7. The molecule has 1 aromatic carbocycles. The van der Waals surface area contributed by atoms with Crippen LogP contribution in [0, 0.1) is 0 Å². The fourth-order valence-corrected chi connectivity index (χ4v) is 3.56. The zero-order chi connectivity index (χ0) is 14.9. The smallest absolute Gasteiger partial charge is 0.312 e. The third-order valence-electron chi connectivity index (χ3n) is 4.03. The van der Waals surface area contributed by atoms with E-state index < -0.39 is 0 Å². The number of benzene rings is 1. The second kappa shape index (κ2) is 5.51. The third kappa shape index (κ3) is 2.38. The van der Waals surface area contributed by atoms with Crippen molar-refractivity contribution in [2.45, 2.75) is 19.6 Å². The summed E-state index contributed by atoms with van der Waals surface area (Å²) >= 11 is 1.48. The predicted molar refractivity (Wildman–Crippen MR) is 83.2 cm³/mol. The van der Waals surface area contributed by atoms with Crippen LogP contribution in [0.2, 0.25) is 0 Å². The number of hydrogen-bond donors (Lipinski definition) is 1. The Morgan fingerprint density at radius 3 is 2.82 bits per heavy atom. The maximum atomic E-state index is 12.4. The lowest BCUT2D eigenvalue weighted by Gasteiger charge is -2.24. The van der Waals surface area contributed by atoms with Gasteiger partial charge in [0, 0.05) is 12.0 Å². The Morgan fingerprint density at radius 1 is 1.14 bits per heavy atom. The van der Waals surface area contributed by atoms with Gasteiger partial charge < -0.3 is 4.90 Å². The largest absolute Gasteiger partial charge is 0.374 e. The van der Waals surface area contributed by atoms with Gasteiger partial charge in [0.2, 0.25) is 0 Å². The van der Waals surface area contributed by atoms with E-state index in [1.165, 1.54) is 36.7 Å². The van der Waals surface area contributed by atoms with Crippen molar-refractivity contribution in [2.75, 3.05) is 6.54 Å². The van der Waals surface area contributed by atoms with Crippen LogP contribution in [-0.4, -0.2) is 26.3 Å². The zero-order valence-electron chi connectivity index (χ0n) is 12.0. The standard InChI is InChI=1S/C15H15N5OS/c21-15-19(16-17-20(15)14-6-3-9-22-14)11-18-8-7-12-4-1-2-5-13(12)10-18/h1-6,9H,7-8,10-11H2/p+1. The molecule has 1 unspecified atom stereocenters. The highest BCUT2D eigenvalue weighted by molar-refractivity contribution is 7.12. The van der Waals surface area contributed by atoms with E-state index in [2.05, 4.69) is 34.7 Å². The minimum atomic E-state index is -0.172. The van der Waals surface area contributed by atoms with Gasteiger partial charge in [-0.25, -0.2) is 4.79 Å². The summed E-state index contributed by atoms with van der Waals surface area (Å²) in [5.41, 5.74) is 2.61. The first-order chi connectivity index (χ1) is 10.8. The van der Waals surface area contributed by atoms with Gasteiger partial charge in [-0.1, -0.05) is 24.3 Å². The Balaban J connectivity index is 1.55. The summed E-state index contributed by atoms with van der Waals surface area (Å²) < 4.78 is 2.82. The van der Waals surface area contributed by atoms with Crippen LogP contribution in [0.3, 0.4) is 0 Å². The summed E-state index contributed by atoms with van der Waals surface area (Å²) in [5, 5.41) is 10.7. The molecule has 0 fully saturated rings. The maximum Gasteiger partial charge on any atom is 0.374 e. The number of nitrogens with zero attached hydrogens (tertiary/aromatic N) is 4. The monoisotopic (exact) mass is 314 g/mol.